The minimum Gasteiger partial charge on any atom is -0.493 e. The van der Waals surface area contributed by atoms with Crippen LogP contribution in [0, 0.1) is 6.92 Å². The number of rotatable bonds is 5. The number of aryl methyl sites for hydroxylation is 2. The first kappa shape index (κ1) is 16.8. The summed E-state index contributed by atoms with van der Waals surface area (Å²) < 4.78 is 40.9. The smallest absolute Gasteiger partial charge is 0.297 e. The van der Waals surface area contributed by atoms with Crippen LogP contribution in [0.3, 0.4) is 0 Å². The van der Waals surface area contributed by atoms with E-state index in [1.54, 1.807) is 31.4 Å². The van der Waals surface area contributed by atoms with E-state index in [2.05, 4.69) is 0 Å². The first-order chi connectivity index (χ1) is 11.5. The zero-order chi connectivity index (χ0) is 17.2. The molecule has 0 bridgehead atoms. The Morgan fingerprint density at radius 3 is 2.62 bits per heavy atom. The van der Waals surface area contributed by atoms with E-state index in [1.165, 1.54) is 0 Å². The Bertz CT molecular complexity index is 798. The van der Waals surface area contributed by atoms with Crippen molar-refractivity contribution in [3.05, 3.63) is 53.6 Å². The molecule has 0 spiro atoms. The number of hydrogen-bond acceptors (Lipinski definition) is 5. The zero-order valence-electron chi connectivity index (χ0n) is 13.7. The van der Waals surface area contributed by atoms with E-state index in [9.17, 15) is 8.42 Å². The predicted molar refractivity (Wildman–Crippen MR) is 90.0 cm³/mol. The van der Waals surface area contributed by atoms with Crippen LogP contribution in [-0.4, -0.2) is 28.2 Å². The van der Waals surface area contributed by atoms with Crippen molar-refractivity contribution in [3.63, 3.8) is 0 Å². The van der Waals surface area contributed by atoms with Crippen LogP contribution in [0.2, 0.25) is 0 Å². The molecular weight excluding hydrogens is 328 g/mol. The Balaban J connectivity index is 1.68. The normalized spacial score (nSPS) is 17.0. The van der Waals surface area contributed by atoms with E-state index < -0.39 is 10.1 Å². The molecule has 5 nitrogen and oxygen atoms in total. The molecule has 24 heavy (non-hydrogen) atoms. The van der Waals surface area contributed by atoms with Crippen LogP contribution < -0.4 is 9.47 Å². The average Bonchev–Trinajstić information content (AvgIpc) is 2.59. The van der Waals surface area contributed by atoms with Crippen LogP contribution in [0.1, 0.15) is 17.5 Å². The molecule has 0 radical (unpaired) electrons. The van der Waals surface area contributed by atoms with Gasteiger partial charge in [0.15, 0.2) is 11.5 Å². The summed E-state index contributed by atoms with van der Waals surface area (Å²) in [6, 6.07) is 12.3. The minimum absolute atomic E-state index is 0.0201. The molecule has 0 N–H and O–H groups in total. The summed E-state index contributed by atoms with van der Waals surface area (Å²) in [6.45, 7) is 1.88. The molecule has 128 valence electrons. The second kappa shape index (κ2) is 6.83. The van der Waals surface area contributed by atoms with Crippen molar-refractivity contribution >= 4 is 10.1 Å². The highest BCUT2D eigenvalue weighted by Crippen LogP contribution is 2.36. The van der Waals surface area contributed by atoms with Gasteiger partial charge in [-0.15, -0.1) is 0 Å². The Morgan fingerprint density at radius 2 is 1.92 bits per heavy atom. The van der Waals surface area contributed by atoms with Crippen molar-refractivity contribution in [2.45, 2.75) is 30.8 Å². The quantitative estimate of drug-likeness (QED) is 0.777. The lowest BCUT2D eigenvalue weighted by Gasteiger charge is -2.27. The van der Waals surface area contributed by atoms with Crippen molar-refractivity contribution in [2.24, 2.45) is 0 Å². The molecule has 0 fully saturated rings. The van der Waals surface area contributed by atoms with Gasteiger partial charge >= 0.3 is 0 Å². The Morgan fingerprint density at radius 1 is 1.17 bits per heavy atom. The van der Waals surface area contributed by atoms with Gasteiger partial charge in [-0.1, -0.05) is 29.8 Å². The van der Waals surface area contributed by atoms with Crippen molar-refractivity contribution in [1.82, 2.24) is 0 Å². The molecule has 3 rings (SSSR count). The molecule has 0 saturated carbocycles. The van der Waals surface area contributed by atoms with Crippen LogP contribution in [0.25, 0.3) is 0 Å². The summed E-state index contributed by atoms with van der Waals surface area (Å²) in [5, 5.41) is 0. The van der Waals surface area contributed by atoms with E-state index in [4.69, 9.17) is 13.7 Å². The van der Waals surface area contributed by atoms with Gasteiger partial charge in [0.2, 0.25) is 0 Å². The number of benzene rings is 2. The highest BCUT2D eigenvalue weighted by Gasteiger charge is 2.25. The van der Waals surface area contributed by atoms with Crippen LogP contribution in [0.15, 0.2) is 47.4 Å². The van der Waals surface area contributed by atoms with Gasteiger partial charge in [0.25, 0.3) is 10.1 Å². The second-order valence-electron chi connectivity index (χ2n) is 5.78. The first-order valence-electron chi connectivity index (χ1n) is 7.78. The highest BCUT2D eigenvalue weighted by atomic mass is 32.2. The third kappa shape index (κ3) is 3.55. The second-order valence-corrected chi connectivity index (χ2v) is 7.39. The molecule has 1 atom stereocenters. The molecule has 2 aromatic carbocycles. The topological polar surface area (TPSA) is 61.8 Å². The lowest BCUT2D eigenvalue weighted by atomic mass is 10.0. The van der Waals surface area contributed by atoms with Gasteiger partial charge in [0.1, 0.15) is 12.7 Å². The van der Waals surface area contributed by atoms with Gasteiger partial charge < -0.3 is 9.47 Å². The summed E-state index contributed by atoms with van der Waals surface area (Å²) in [7, 11) is -2.20. The molecule has 6 heteroatoms. The van der Waals surface area contributed by atoms with E-state index in [0.717, 1.165) is 17.5 Å². The molecular formula is C18H20O5S. The summed E-state index contributed by atoms with van der Waals surface area (Å²) in [4.78, 5) is 0.155. The number of hydrogen-bond donors (Lipinski definition) is 0. The van der Waals surface area contributed by atoms with Gasteiger partial charge in [-0.25, -0.2) is 0 Å². The molecule has 0 aromatic heterocycles. The maximum atomic E-state index is 12.3. The Kier molecular flexibility index (Phi) is 4.78. The maximum absolute atomic E-state index is 12.3. The van der Waals surface area contributed by atoms with Gasteiger partial charge in [0.05, 0.1) is 12.0 Å². The van der Waals surface area contributed by atoms with Gasteiger partial charge in [0, 0.05) is 0 Å². The monoisotopic (exact) mass is 348 g/mol. The van der Waals surface area contributed by atoms with E-state index >= 15 is 0 Å². The summed E-state index contributed by atoms with van der Waals surface area (Å²) in [5.74, 6) is 1.33. The number of ether oxygens (including phenoxy) is 2. The predicted octanol–water partition coefficient (Wildman–Crippen LogP) is 3.10. The van der Waals surface area contributed by atoms with Gasteiger partial charge in [-0.3, -0.25) is 4.18 Å². The Labute approximate surface area is 142 Å². The molecule has 0 aliphatic carbocycles. The molecule has 2 aromatic rings. The van der Waals surface area contributed by atoms with Crippen molar-refractivity contribution in [2.75, 3.05) is 13.7 Å². The number of para-hydroxylation sites is 1. The fraction of sp³-hybridized carbons (Fsp3) is 0.333. The first-order valence-corrected chi connectivity index (χ1v) is 9.19. The molecule has 1 unspecified atom stereocenters. The third-order valence-electron chi connectivity index (χ3n) is 4.02. The van der Waals surface area contributed by atoms with Crippen molar-refractivity contribution in [1.29, 1.82) is 0 Å². The van der Waals surface area contributed by atoms with Gasteiger partial charge in [-0.05, 0) is 43.5 Å². The lowest BCUT2D eigenvalue weighted by molar-refractivity contribution is 0.109. The van der Waals surface area contributed by atoms with E-state index in [1.807, 2.05) is 25.1 Å². The number of fused-ring (bicyclic) bond motifs is 1. The summed E-state index contributed by atoms with van der Waals surface area (Å²) in [6.07, 6.45) is 1.17. The largest absolute Gasteiger partial charge is 0.493 e. The molecule has 1 aliphatic heterocycles. The highest BCUT2D eigenvalue weighted by molar-refractivity contribution is 7.86. The lowest BCUT2D eigenvalue weighted by Crippen LogP contribution is -2.29. The molecule has 1 aliphatic rings. The summed E-state index contributed by atoms with van der Waals surface area (Å²) in [5.41, 5.74) is 2.06. The average molecular weight is 348 g/mol. The van der Waals surface area contributed by atoms with Crippen LogP contribution >= 0.6 is 0 Å². The van der Waals surface area contributed by atoms with E-state index in [-0.39, 0.29) is 17.6 Å². The fourth-order valence-corrected chi connectivity index (χ4v) is 3.59. The Hall–Kier alpha value is -2.05. The van der Waals surface area contributed by atoms with Crippen molar-refractivity contribution in [3.8, 4) is 11.5 Å². The standard InChI is InChI=1S/C18H20O5S/c1-13-6-10-16(11-7-13)24(19,20)22-12-15-9-8-14-4-3-5-17(21-2)18(14)23-15/h3-7,10-11,15H,8-9,12H2,1-2H3. The van der Waals surface area contributed by atoms with E-state index in [0.29, 0.717) is 17.9 Å². The molecule has 0 amide bonds. The molecule has 0 saturated heterocycles. The maximum Gasteiger partial charge on any atom is 0.297 e. The summed E-state index contributed by atoms with van der Waals surface area (Å²) >= 11 is 0. The SMILES string of the molecule is COc1cccc2c1OC(COS(=O)(=O)c1ccc(C)cc1)CC2. The third-order valence-corrected chi connectivity index (χ3v) is 5.32. The number of methoxy groups -OCH3 is 1. The van der Waals surface area contributed by atoms with Crippen LogP contribution in [-0.2, 0) is 20.7 Å². The zero-order valence-corrected chi connectivity index (χ0v) is 14.5. The van der Waals surface area contributed by atoms with Crippen molar-refractivity contribution < 1.29 is 22.1 Å². The van der Waals surface area contributed by atoms with Gasteiger partial charge in [-0.2, -0.15) is 8.42 Å². The minimum atomic E-state index is -3.78. The fourth-order valence-electron chi connectivity index (χ4n) is 2.65. The van der Waals surface area contributed by atoms with Crippen LogP contribution in [0.4, 0.5) is 0 Å². The van der Waals surface area contributed by atoms with Crippen LogP contribution in [0.5, 0.6) is 11.5 Å². The molecule has 1 heterocycles.